The van der Waals surface area contributed by atoms with Crippen molar-refractivity contribution in [3.63, 3.8) is 0 Å². The lowest BCUT2D eigenvalue weighted by Gasteiger charge is -2.19. The van der Waals surface area contributed by atoms with E-state index < -0.39 is 0 Å². The monoisotopic (exact) mass is 388 g/mol. The molecule has 0 aromatic heterocycles. The van der Waals surface area contributed by atoms with Crippen molar-refractivity contribution < 1.29 is 14.4 Å². The van der Waals surface area contributed by atoms with Gasteiger partial charge in [0.1, 0.15) is 0 Å². The Bertz CT molecular complexity index is 999. The van der Waals surface area contributed by atoms with Crippen molar-refractivity contribution in [2.24, 2.45) is 23.7 Å². The fourth-order valence-corrected chi connectivity index (χ4v) is 5.51. The normalized spacial score (nSPS) is 27.4. The molecule has 1 saturated heterocycles. The number of hydrogen-bond acceptors (Lipinski definition) is 3. The van der Waals surface area contributed by atoms with Crippen LogP contribution < -0.4 is 10.2 Å². The molecule has 4 atom stereocenters. The molecule has 2 bridgehead atoms. The highest BCUT2D eigenvalue weighted by atomic mass is 16.2. The van der Waals surface area contributed by atoms with Crippen LogP contribution in [0, 0.1) is 37.5 Å². The molecule has 5 heteroatoms. The van der Waals surface area contributed by atoms with Crippen molar-refractivity contribution in [3.8, 4) is 0 Å². The van der Waals surface area contributed by atoms with E-state index in [0.717, 1.165) is 36.1 Å². The van der Waals surface area contributed by atoms with Crippen LogP contribution in [-0.4, -0.2) is 17.7 Å². The van der Waals surface area contributed by atoms with Crippen LogP contribution in [-0.2, 0) is 9.59 Å². The number of rotatable bonds is 3. The van der Waals surface area contributed by atoms with Gasteiger partial charge in [-0.2, -0.15) is 0 Å². The van der Waals surface area contributed by atoms with Gasteiger partial charge in [-0.05, 0) is 86.4 Å². The molecule has 3 amide bonds. The first-order valence-electron chi connectivity index (χ1n) is 10.3. The quantitative estimate of drug-likeness (QED) is 0.806. The summed E-state index contributed by atoms with van der Waals surface area (Å²) in [6.07, 6.45) is 3.16. The van der Waals surface area contributed by atoms with E-state index in [1.54, 1.807) is 24.3 Å². The third kappa shape index (κ3) is 2.71. The zero-order valence-corrected chi connectivity index (χ0v) is 16.6. The molecule has 1 N–H and O–H groups in total. The maximum atomic E-state index is 12.9. The fourth-order valence-electron chi connectivity index (χ4n) is 5.51. The number of imide groups is 1. The van der Waals surface area contributed by atoms with E-state index in [2.05, 4.69) is 5.32 Å². The van der Waals surface area contributed by atoms with Crippen LogP contribution in [0.1, 0.15) is 40.7 Å². The summed E-state index contributed by atoms with van der Waals surface area (Å²) in [7, 11) is 0. The summed E-state index contributed by atoms with van der Waals surface area (Å²) in [5.41, 5.74) is 3.99. The second-order valence-corrected chi connectivity index (χ2v) is 8.65. The van der Waals surface area contributed by atoms with Crippen LogP contribution in [0.2, 0.25) is 0 Å². The average molecular weight is 388 g/mol. The second-order valence-electron chi connectivity index (χ2n) is 8.65. The Morgan fingerprint density at radius 1 is 0.931 bits per heavy atom. The number of fused-ring (bicyclic) bond motifs is 5. The summed E-state index contributed by atoms with van der Waals surface area (Å²) < 4.78 is 0. The van der Waals surface area contributed by atoms with Gasteiger partial charge in [0.25, 0.3) is 5.91 Å². The van der Waals surface area contributed by atoms with Gasteiger partial charge < -0.3 is 5.32 Å². The van der Waals surface area contributed by atoms with Gasteiger partial charge in [-0.1, -0.05) is 12.1 Å². The number of benzene rings is 2. The molecule has 0 unspecified atom stereocenters. The maximum absolute atomic E-state index is 12.9. The number of nitrogens with zero attached hydrogens (tertiary/aromatic N) is 1. The minimum Gasteiger partial charge on any atom is -0.322 e. The van der Waals surface area contributed by atoms with E-state index in [9.17, 15) is 14.4 Å². The number of amides is 3. The maximum Gasteiger partial charge on any atom is 0.255 e. The molecule has 3 aliphatic rings. The Hall–Kier alpha value is -2.95. The van der Waals surface area contributed by atoms with Crippen LogP contribution in [0.25, 0.3) is 0 Å². The number of nitrogens with one attached hydrogen (secondary N) is 1. The summed E-state index contributed by atoms with van der Waals surface area (Å²) in [4.78, 5) is 39.9. The summed E-state index contributed by atoms with van der Waals surface area (Å²) in [5.74, 6) is 0.156. The highest BCUT2D eigenvalue weighted by molar-refractivity contribution is 6.22. The van der Waals surface area contributed by atoms with Crippen LogP contribution in [0.5, 0.6) is 0 Å². The van der Waals surface area contributed by atoms with Crippen molar-refractivity contribution in [2.75, 3.05) is 10.2 Å². The van der Waals surface area contributed by atoms with E-state index in [0.29, 0.717) is 23.1 Å². The van der Waals surface area contributed by atoms with Crippen LogP contribution in [0.15, 0.2) is 42.5 Å². The summed E-state index contributed by atoms with van der Waals surface area (Å²) in [6, 6.07) is 12.6. The standard InChI is InChI=1S/C24H24N2O3/c1-13-4-3-5-19(14(13)2)25-22(27)15-8-10-18(11-9-15)26-23(28)20-16-6-7-17(12-16)21(20)24(26)29/h3-5,8-11,16-17,20-21H,6-7,12H2,1-2H3,(H,25,27)/t16-,17-,20-,21+/m0/s1. The number of hydrogen-bond donors (Lipinski definition) is 1. The van der Waals surface area contributed by atoms with Gasteiger partial charge in [0.2, 0.25) is 11.8 Å². The summed E-state index contributed by atoms with van der Waals surface area (Å²) in [6.45, 7) is 3.98. The fraction of sp³-hybridized carbons (Fsp3) is 0.375. The Kier molecular flexibility index (Phi) is 4.09. The smallest absolute Gasteiger partial charge is 0.255 e. The van der Waals surface area contributed by atoms with Gasteiger partial charge >= 0.3 is 0 Å². The third-order valence-electron chi connectivity index (χ3n) is 7.17. The third-order valence-corrected chi connectivity index (χ3v) is 7.17. The Labute approximate surface area is 170 Å². The first kappa shape index (κ1) is 18.1. The predicted octanol–water partition coefficient (Wildman–Crippen LogP) is 4.09. The average Bonchev–Trinajstić information content (AvgIpc) is 3.39. The lowest BCUT2D eigenvalue weighted by Crippen LogP contribution is -2.32. The molecule has 5 rings (SSSR count). The molecule has 2 saturated carbocycles. The molecular weight excluding hydrogens is 364 g/mol. The molecule has 0 radical (unpaired) electrons. The van der Waals surface area contributed by atoms with Gasteiger partial charge in [-0.25, -0.2) is 0 Å². The molecule has 1 aliphatic heterocycles. The number of anilines is 2. The summed E-state index contributed by atoms with van der Waals surface area (Å²) >= 11 is 0. The zero-order chi connectivity index (χ0) is 20.3. The second kappa shape index (κ2) is 6.55. The van der Waals surface area contributed by atoms with Crippen molar-refractivity contribution in [2.45, 2.75) is 33.1 Å². The van der Waals surface area contributed by atoms with Crippen LogP contribution >= 0.6 is 0 Å². The van der Waals surface area contributed by atoms with Crippen molar-refractivity contribution in [1.82, 2.24) is 0 Å². The zero-order valence-electron chi connectivity index (χ0n) is 16.6. The van der Waals surface area contributed by atoms with Crippen LogP contribution in [0.4, 0.5) is 11.4 Å². The number of aryl methyl sites for hydroxylation is 1. The molecule has 148 valence electrons. The SMILES string of the molecule is Cc1cccc(NC(=O)c2ccc(N3C(=O)[C@@H]4[C@H]5CC[C@@H](C5)[C@@H]4C3=O)cc2)c1C. The van der Waals surface area contributed by atoms with E-state index in [-0.39, 0.29) is 29.6 Å². The van der Waals surface area contributed by atoms with E-state index in [4.69, 9.17) is 0 Å². The van der Waals surface area contributed by atoms with E-state index in [1.807, 2.05) is 32.0 Å². The summed E-state index contributed by atoms with van der Waals surface area (Å²) in [5, 5.41) is 2.94. The van der Waals surface area contributed by atoms with Crippen molar-refractivity contribution in [1.29, 1.82) is 0 Å². The molecule has 2 aromatic rings. The number of carbonyl (C=O) groups excluding carboxylic acids is 3. The molecule has 29 heavy (non-hydrogen) atoms. The number of carbonyl (C=O) groups is 3. The highest BCUT2D eigenvalue weighted by Gasteiger charge is 2.61. The highest BCUT2D eigenvalue weighted by Crippen LogP contribution is 2.56. The van der Waals surface area contributed by atoms with Gasteiger partial charge in [-0.3, -0.25) is 19.3 Å². The first-order valence-corrected chi connectivity index (χ1v) is 10.3. The Balaban J connectivity index is 1.35. The van der Waals surface area contributed by atoms with Crippen molar-refractivity contribution in [3.05, 3.63) is 59.2 Å². The molecule has 2 aromatic carbocycles. The van der Waals surface area contributed by atoms with E-state index >= 15 is 0 Å². The minimum atomic E-state index is -0.209. The Morgan fingerprint density at radius 3 is 2.17 bits per heavy atom. The van der Waals surface area contributed by atoms with Crippen molar-refractivity contribution >= 4 is 29.1 Å². The Morgan fingerprint density at radius 2 is 1.55 bits per heavy atom. The molecule has 0 spiro atoms. The molecular formula is C24H24N2O3. The lowest BCUT2D eigenvalue weighted by molar-refractivity contribution is -0.123. The van der Waals surface area contributed by atoms with Gasteiger partial charge in [0.15, 0.2) is 0 Å². The molecule has 5 nitrogen and oxygen atoms in total. The van der Waals surface area contributed by atoms with Gasteiger partial charge in [-0.15, -0.1) is 0 Å². The largest absolute Gasteiger partial charge is 0.322 e. The lowest BCUT2D eigenvalue weighted by atomic mass is 9.81. The predicted molar refractivity (Wildman–Crippen MR) is 111 cm³/mol. The topological polar surface area (TPSA) is 66.5 Å². The van der Waals surface area contributed by atoms with Gasteiger partial charge in [0.05, 0.1) is 17.5 Å². The first-order chi connectivity index (χ1) is 14.0. The van der Waals surface area contributed by atoms with Crippen LogP contribution in [0.3, 0.4) is 0 Å². The molecule has 3 fully saturated rings. The van der Waals surface area contributed by atoms with E-state index in [1.165, 1.54) is 4.90 Å². The van der Waals surface area contributed by atoms with Gasteiger partial charge in [0, 0.05) is 11.3 Å². The molecule has 2 aliphatic carbocycles. The minimum absolute atomic E-state index is 0.0558. The molecule has 1 heterocycles.